The maximum absolute atomic E-state index is 11.6. The van der Waals surface area contributed by atoms with E-state index in [1.165, 1.54) is 0 Å². The van der Waals surface area contributed by atoms with Gasteiger partial charge >= 0.3 is 0 Å². The van der Waals surface area contributed by atoms with Crippen LogP contribution in [-0.4, -0.2) is 25.6 Å². The second kappa shape index (κ2) is 9.64. The van der Waals surface area contributed by atoms with Crippen LogP contribution in [-0.2, 0) is 11.3 Å². The first-order valence-corrected chi connectivity index (χ1v) is 7.80. The van der Waals surface area contributed by atoms with Gasteiger partial charge in [-0.25, -0.2) is 0 Å². The molecule has 0 fully saturated rings. The number of hydrogen-bond donors (Lipinski definition) is 2. The van der Waals surface area contributed by atoms with Crippen LogP contribution in [0.3, 0.4) is 0 Å². The molecule has 1 aromatic carbocycles. The summed E-state index contributed by atoms with van der Waals surface area (Å²) >= 11 is 6.17. The molecule has 0 bridgehead atoms. The van der Waals surface area contributed by atoms with Crippen molar-refractivity contribution < 1.29 is 9.53 Å². The number of nitrogens with one attached hydrogen (secondary N) is 2. The molecule has 0 aromatic heterocycles. The normalized spacial score (nSPS) is 10.7. The summed E-state index contributed by atoms with van der Waals surface area (Å²) < 4.78 is 5.60. The molecule has 4 nitrogen and oxygen atoms in total. The molecular weight excluding hydrogens is 288 g/mol. The SMILES string of the molecule is CCCNC(=O)COc1c(Cl)cccc1CNCC(C)C. The van der Waals surface area contributed by atoms with Gasteiger partial charge in [-0.1, -0.05) is 44.5 Å². The van der Waals surface area contributed by atoms with Gasteiger partial charge in [0, 0.05) is 18.7 Å². The molecule has 21 heavy (non-hydrogen) atoms. The summed E-state index contributed by atoms with van der Waals surface area (Å²) in [7, 11) is 0. The summed E-state index contributed by atoms with van der Waals surface area (Å²) in [6.45, 7) is 8.55. The monoisotopic (exact) mass is 312 g/mol. The Labute approximate surface area is 132 Å². The highest BCUT2D eigenvalue weighted by molar-refractivity contribution is 6.32. The Morgan fingerprint density at radius 2 is 2.14 bits per heavy atom. The fraction of sp³-hybridized carbons (Fsp3) is 0.562. The second-order valence-corrected chi connectivity index (χ2v) is 5.80. The molecule has 1 aromatic rings. The third-order valence-corrected chi connectivity index (χ3v) is 3.13. The zero-order chi connectivity index (χ0) is 15.7. The molecule has 0 aliphatic heterocycles. The van der Waals surface area contributed by atoms with Gasteiger partial charge in [0.15, 0.2) is 6.61 Å². The van der Waals surface area contributed by atoms with Crippen LogP contribution in [0.1, 0.15) is 32.8 Å². The Bertz CT molecular complexity index is 450. The van der Waals surface area contributed by atoms with Gasteiger partial charge in [0.2, 0.25) is 0 Å². The topological polar surface area (TPSA) is 50.4 Å². The van der Waals surface area contributed by atoms with Crippen molar-refractivity contribution in [3.8, 4) is 5.75 Å². The highest BCUT2D eigenvalue weighted by atomic mass is 35.5. The third kappa shape index (κ3) is 6.82. The Balaban J connectivity index is 2.60. The Kier molecular flexibility index (Phi) is 8.16. The van der Waals surface area contributed by atoms with Gasteiger partial charge in [-0.3, -0.25) is 4.79 Å². The van der Waals surface area contributed by atoms with Gasteiger partial charge in [0.1, 0.15) is 5.75 Å². The number of ether oxygens (including phenoxy) is 1. The van der Waals surface area contributed by atoms with E-state index in [4.69, 9.17) is 16.3 Å². The molecule has 2 N–H and O–H groups in total. The zero-order valence-corrected chi connectivity index (χ0v) is 13.8. The summed E-state index contributed by atoms with van der Waals surface area (Å²) in [5.74, 6) is 1.04. The number of amides is 1. The van der Waals surface area contributed by atoms with Crippen molar-refractivity contribution >= 4 is 17.5 Å². The predicted molar refractivity (Wildman–Crippen MR) is 86.8 cm³/mol. The Hall–Kier alpha value is -1.26. The summed E-state index contributed by atoms with van der Waals surface area (Å²) in [6, 6.07) is 5.62. The minimum absolute atomic E-state index is 0.0130. The van der Waals surface area contributed by atoms with Crippen molar-refractivity contribution in [2.75, 3.05) is 19.7 Å². The third-order valence-electron chi connectivity index (χ3n) is 2.84. The average molecular weight is 313 g/mol. The lowest BCUT2D eigenvalue weighted by molar-refractivity contribution is -0.123. The average Bonchev–Trinajstić information content (AvgIpc) is 2.44. The zero-order valence-electron chi connectivity index (χ0n) is 13.0. The van der Waals surface area contributed by atoms with Crippen molar-refractivity contribution in [2.24, 2.45) is 5.92 Å². The molecule has 5 heteroatoms. The Morgan fingerprint density at radius 1 is 1.38 bits per heavy atom. The van der Waals surface area contributed by atoms with E-state index in [9.17, 15) is 4.79 Å². The van der Waals surface area contributed by atoms with E-state index < -0.39 is 0 Å². The number of hydrogen-bond acceptors (Lipinski definition) is 3. The summed E-state index contributed by atoms with van der Waals surface area (Å²) in [4.78, 5) is 11.6. The van der Waals surface area contributed by atoms with Crippen LogP contribution in [0, 0.1) is 5.92 Å². The van der Waals surface area contributed by atoms with E-state index in [0.717, 1.165) is 18.5 Å². The number of halogens is 1. The largest absolute Gasteiger partial charge is 0.482 e. The lowest BCUT2D eigenvalue weighted by Gasteiger charge is -2.14. The van der Waals surface area contributed by atoms with Gasteiger partial charge in [0.05, 0.1) is 5.02 Å². The highest BCUT2D eigenvalue weighted by Crippen LogP contribution is 2.28. The standard InChI is InChI=1S/C16H25ClN2O2/c1-4-8-19-15(20)11-21-16-13(6-5-7-14(16)17)10-18-9-12(2)3/h5-7,12,18H,4,8-11H2,1-3H3,(H,19,20). The number of para-hydroxylation sites is 1. The molecule has 0 aliphatic rings. The number of carbonyl (C=O) groups is 1. The van der Waals surface area contributed by atoms with E-state index >= 15 is 0 Å². The minimum Gasteiger partial charge on any atom is -0.482 e. The maximum Gasteiger partial charge on any atom is 0.257 e. The molecular formula is C16H25ClN2O2. The van der Waals surface area contributed by atoms with Crippen molar-refractivity contribution in [1.82, 2.24) is 10.6 Å². The fourth-order valence-corrected chi connectivity index (χ4v) is 2.05. The van der Waals surface area contributed by atoms with Gasteiger partial charge < -0.3 is 15.4 Å². The predicted octanol–water partition coefficient (Wildman–Crippen LogP) is 2.99. The number of carbonyl (C=O) groups excluding carboxylic acids is 1. The number of rotatable bonds is 9. The maximum atomic E-state index is 11.6. The van der Waals surface area contributed by atoms with Crippen molar-refractivity contribution in [1.29, 1.82) is 0 Å². The van der Waals surface area contributed by atoms with Crippen LogP contribution in [0.4, 0.5) is 0 Å². The molecule has 0 aliphatic carbocycles. The van der Waals surface area contributed by atoms with Crippen LogP contribution >= 0.6 is 11.6 Å². The molecule has 1 amide bonds. The van der Waals surface area contributed by atoms with Crippen molar-refractivity contribution in [3.63, 3.8) is 0 Å². The van der Waals surface area contributed by atoms with Crippen LogP contribution in [0.5, 0.6) is 5.75 Å². The first-order chi connectivity index (χ1) is 10.0. The molecule has 0 unspecified atom stereocenters. The highest BCUT2D eigenvalue weighted by Gasteiger charge is 2.10. The molecule has 0 heterocycles. The van der Waals surface area contributed by atoms with E-state index in [1.54, 1.807) is 6.07 Å². The molecule has 0 spiro atoms. The summed E-state index contributed by atoms with van der Waals surface area (Å²) in [6.07, 6.45) is 0.905. The minimum atomic E-state index is -0.127. The van der Waals surface area contributed by atoms with E-state index in [2.05, 4.69) is 24.5 Å². The lowest BCUT2D eigenvalue weighted by atomic mass is 10.2. The van der Waals surface area contributed by atoms with E-state index in [1.807, 2.05) is 19.1 Å². The molecule has 0 atom stereocenters. The first-order valence-electron chi connectivity index (χ1n) is 7.42. The fourth-order valence-electron chi connectivity index (χ4n) is 1.80. The molecule has 1 rings (SSSR count). The van der Waals surface area contributed by atoms with Crippen LogP contribution in [0.25, 0.3) is 0 Å². The van der Waals surface area contributed by atoms with E-state index in [0.29, 0.717) is 29.8 Å². The summed E-state index contributed by atoms with van der Waals surface area (Å²) in [5.41, 5.74) is 0.964. The molecule has 0 saturated heterocycles. The number of benzene rings is 1. The molecule has 0 radical (unpaired) electrons. The lowest BCUT2D eigenvalue weighted by Crippen LogP contribution is -2.29. The second-order valence-electron chi connectivity index (χ2n) is 5.39. The van der Waals surface area contributed by atoms with Crippen molar-refractivity contribution in [3.05, 3.63) is 28.8 Å². The van der Waals surface area contributed by atoms with Crippen LogP contribution in [0.15, 0.2) is 18.2 Å². The van der Waals surface area contributed by atoms with Gasteiger partial charge in [-0.05, 0) is 24.9 Å². The smallest absolute Gasteiger partial charge is 0.257 e. The van der Waals surface area contributed by atoms with Gasteiger partial charge in [-0.15, -0.1) is 0 Å². The van der Waals surface area contributed by atoms with Gasteiger partial charge in [-0.2, -0.15) is 0 Å². The van der Waals surface area contributed by atoms with E-state index in [-0.39, 0.29) is 12.5 Å². The van der Waals surface area contributed by atoms with Gasteiger partial charge in [0.25, 0.3) is 5.91 Å². The quantitative estimate of drug-likeness (QED) is 0.737. The molecule has 118 valence electrons. The van der Waals surface area contributed by atoms with Crippen molar-refractivity contribution in [2.45, 2.75) is 33.7 Å². The summed E-state index contributed by atoms with van der Waals surface area (Å²) in [5, 5.41) is 6.66. The molecule has 0 saturated carbocycles. The Morgan fingerprint density at radius 3 is 2.81 bits per heavy atom. The van der Waals surface area contributed by atoms with Crippen LogP contribution in [0.2, 0.25) is 5.02 Å². The first kappa shape index (κ1) is 17.8. The van der Waals surface area contributed by atoms with Crippen LogP contribution < -0.4 is 15.4 Å².